The van der Waals surface area contributed by atoms with Gasteiger partial charge in [-0.05, 0) is 33.1 Å². The number of aliphatic carboxylic acids is 1. The monoisotopic (exact) mass is 254 g/mol. The van der Waals surface area contributed by atoms with Crippen LogP contribution in [0.3, 0.4) is 0 Å². The Kier molecular flexibility index (Phi) is 3.36. The van der Waals surface area contributed by atoms with Gasteiger partial charge in [0.2, 0.25) is 5.91 Å². The van der Waals surface area contributed by atoms with Gasteiger partial charge in [0, 0.05) is 32.1 Å². The van der Waals surface area contributed by atoms with Gasteiger partial charge in [-0.3, -0.25) is 9.69 Å². The number of rotatable bonds is 4. The molecule has 0 radical (unpaired) electrons. The number of likely N-dealkylation sites (N-methyl/N-ethyl adjacent to an activating group) is 1. The summed E-state index contributed by atoms with van der Waals surface area (Å²) in [6.45, 7) is 6.29. The van der Waals surface area contributed by atoms with E-state index >= 15 is 0 Å². The lowest BCUT2D eigenvalue weighted by Gasteiger charge is -2.36. The highest BCUT2D eigenvalue weighted by atomic mass is 16.4. The first-order chi connectivity index (χ1) is 8.42. The van der Waals surface area contributed by atoms with Crippen LogP contribution in [0.2, 0.25) is 0 Å². The second kappa shape index (κ2) is 4.53. The largest absolute Gasteiger partial charge is 0.479 e. The van der Waals surface area contributed by atoms with Crippen LogP contribution in [0.25, 0.3) is 0 Å². The zero-order chi connectivity index (χ0) is 13.5. The molecule has 2 atom stereocenters. The van der Waals surface area contributed by atoms with Gasteiger partial charge in [-0.15, -0.1) is 0 Å². The van der Waals surface area contributed by atoms with Crippen LogP contribution in [0.1, 0.15) is 40.0 Å². The van der Waals surface area contributed by atoms with E-state index in [1.807, 2.05) is 6.92 Å². The summed E-state index contributed by atoms with van der Waals surface area (Å²) < 4.78 is 0. The molecule has 5 heteroatoms. The molecule has 2 aliphatic rings. The van der Waals surface area contributed by atoms with E-state index in [0.29, 0.717) is 25.6 Å². The molecule has 1 aliphatic heterocycles. The predicted molar refractivity (Wildman–Crippen MR) is 67.2 cm³/mol. The summed E-state index contributed by atoms with van der Waals surface area (Å²) in [4.78, 5) is 27.2. The predicted octanol–water partition coefficient (Wildman–Crippen LogP) is 0.935. The number of carboxylic acids is 1. The maximum absolute atomic E-state index is 11.7. The minimum absolute atomic E-state index is 0.148. The first-order valence-corrected chi connectivity index (χ1v) is 6.69. The van der Waals surface area contributed by atoms with Gasteiger partial charge >= 0.3 is 5.97 Å². The minimum Gasteiger partial charge on any atom is -0.479 e. The number of amides is 1. The highest BCUT2D eigenvalue weighted by Crippen LogP contribution is 2.40. The van der Waals surface area contributed by atoms with Gasteiger partial charge in [-0.25, -0.2) is 4.79 Å². The third-order valence-corrected chi connectivity index (χ3v) is 4.27. The second-order valence-corrected chi connectivity index (χ2v) is 5.56. The molecule has 1 amide bonds. The maximum Gasteiger partial charge on any atom is 0.331 e. The van der Waals surface area contributed by atoms with E-state index in [2.05, 4.69) is 11.8 Å². The van der Waals surface area contributed by atoms with Gasteiger partial charge in [0.05, 0.1) is 0 Å². The van der Waals surface area contributed by atoms with Crippen molar-refractivity contribution >= 4 is 11.9 Å². The fraction of sp³-hybridized carbons (Fsp3) is 0.846. The molecule has 1 heterocycles. The van der Waals surface area contributed by atoms with Crippen molar-refractivity contribution in [2.45, 2.75) is 57.7 Å². The average molecular weight is 254 g/mol. The number of likely N-dealkylation sites (tertiary alicyclic amines) is 1. The molecule has 18 heavy (non-hydrogen) atoms. The lowest BCUT2D eigenvalue weighted by molar-refractivity contribution is -0.157. The lowest BCUT2D eigenvalue weighted by Crippen LogP contribution is -2.58. The van der Waals surface area contributed by atoms with Gasteiger partial charge < -0.3 is 10.0 Å². The summed E-state index contributed by atoms with van der Waals surface area (Å²) in [5.41, 5.74) is -1.03. The number of carbonyl (C=O) groups is 2. The Morgan fingerprint density at radius 1 is 1.44 bits per heavy atom. The molecule has 0 bridgehead atoms. The summed E-state index contributed by atoms with van der Waals surface area (Å²) >= 11 is 0. The smallest absolute Gasteiger partial charge is 0.331 e. The molecule has 0 aromatic rings. The molecule has 2 rings (SSSR count). The highest BCUT2D eigenvalue weighted by Gasteiger charge is 2.55. The van der Waals surface area contributed by atoms with E-state index in [1.54, 1.807) is 0 Å². The normalized spacial score (nSPS) is 32.5. The molecule has 5 nitrogen and oxygen atoms in total. The Morgan fingerprint density at radius 3 is 2.44 bits per heavy atom. The molecule has 102 valence electrons. The molecule has 1 N–H and O–H groups in total. The average Bonchev–Trinajstić information content (AvgIpc) is 3.04. The van der Waals surface area contributed by atoms with Crippen molar-refractivity contribution in [1.82, 2.24) is 9.80 Å². The van der Waals surface area contributed by atoms with Crippen molar-refractivity contribution in [3.8, 4) is 0 Å². The zero-order valence-electron chi connectivity index (χ0n) is 11.3. The Morgan fingerprint density at radius 2 is 2.06 bits per heavy atom. The molecule has 1 aliphatic carbocycles. The molecular weight excluding hydrogens is 232 g/mol. The zero-order valence-corrected chi connectivity index (χ0v) is 11.3. The summed E-state index contributed by atoms with van der Waals surface area (Å²) in [7, 11) is 0. The first kappa shape index (κ1) is 13.3. The van der Waals surface area contributed by atoms with Crippen LogP contribution in [0, 0.1) is 0 Å². The number of hydrogen-bond acceptors (Lipinski definition) is 3. The topological polar surface area (TPSA) is 60.9 Å². The van der Waals surface area contributed by atoms with Crippen LogP contribution in [-0.4, -0.2) is 57.5 Å². The second-order valence-electron chi connectivity index (χ2n) is 5.56. The lowest BCUT2D eigenvalue weighted by atomic mass is 9.93. The van der Waals surface area contributed by atoms with Crippen molar-refractivity contribution in [1.29, 1.82) is 0 Å². The molecule has 1 saturated heterocycles. The number of carbonyl (C=O) groups excluding carboxylic acids is 1. The molecule has 2 fully saturated rings. The van der Waals surface area contributed by atoms with Crippen molar-refractivity contribution in [3.63, 3.8) is 0 Å². The Balaban J connectivity index is 2.28. The van der Waals surface area contributed by atoms with E-state index in [9.17, 15) is 14.7 Å². The summed E-state index contributed by atoms with van der Waals surface area (Å²) in [5, 5.41) is 9.63. The summed E-state index contributed by atoms with van der Waals surface area (Å²) in [6.07, 6.45) is 2.85. The van der Waals surface area contributed by atoms with Gasteiger partial charge in [0.1, 0.15) is 0 Å². The fourth-order valence-corrected chi connectivity index (χ4v) is 3.32. The third-order valence-electron chi connectivity index (χ3n) is 4.27. The highest BCUT2D eigenvalue weighted by molar-refractivity contribution is 5.87. The first-order valence-electron chi connectivity index (χ1n) is 6.69. The van der Waals surface area contributed by atoms with E-state index in [4.69, 9.17) is 0 Å². The molecule has 0 aromatic carbocycles. The van der Waals surface area contributed by atoms with E-state index < -0.39 is 11.5 Å². The number of carboxylic acid groups (broad SMARTS) is 1. The van der Waals surface area contributed by atoms with Gasteiger partial charge in [-0.2, -0.15) is 0 Å². The molecular formula is C13H22N2O3. The molecule has 0 spiro atoms. The van der Waals surface area contributed by atoms with Crippen LogP contribution in [0.5, 0.6) is 0 Å². The molecule has 2 unspecified atom stereocenters. The Labute approximate surface area is 108 Å². The van der Waals surface area contributed by atoms with Crippen LogP contribution < -0.4 is 0 Å². The van der Waals surface area contributed by atoms with E-state index in [-0.39, 0.29) is 11.9 Å². The van der Waals surface area contributed by atoms with Crippen LogP contribution in [0.15, 0.2) is 0 Å². The van der Waals surface area contributed by atoms with Crippen molar-refractivity contribution in [2.24, 2.45) is 0 Å². The summed E-state index contributed by atoms with van der Waals surface area (Å²) in [6, 6.07) is 0.772. The SMILES string of the molecule is CCN(C(C)=O)C1(C(=O)O)CC(C)N(C2CC2)C1. The van der Waals surface area contributed by atoms with E-state index in [1.165, 1.54) is 11.8 Å². The molecule has 0 aromatic heterocycles. The van der Waals surface area contributed by atoms with Crippen LogP contribution in [0.4, 0.5) is 0 Å². The summed E-state index contributed by atoms with van der Waals surface area (Å²) in [5.74, 6) is -1.01. The maximum atomic E-state index is 11.7. The Hall–Kier alpha value is -1.10. The van der Waals surface area contributed by atoms with Crippen molar-refractivity contribution in [3.05, 3.63) is 0 Å². The third kappa shape index (κ3) is 2.00. The van der Waals surface area contributed by atoms with Crippen molar-refractivity contribution in [2.75, 3.05) is 13.1 Å². The van der Waals surface area contributed by atoms with Crippen LogP contribution >= 0.6 is 0 Å². The van der Waals surface area contributed by atoms with Crippen molar-refractivity contribution < 1.29 is 14.7 Å². The number of hydrogen-bond donors (Lipinski definition) is 1. The number of nitrogens with zero attached hydrogens (tertiary/aromatic N) is 2. The van der Waals surface area contributed by atoms with Gasteiger partial charge in [0.25, 0.3) is 0 Å². The fourth-order valence-electron chi connectivity index (χ4n) is 3.32. The quantitative estimate of drug-likeness (QED) is 0.811. The minimum atomic E-state index is -1.03. The standard InChI is InChI=1S/C13H22N2O3/c1-4-15(10(3)16)13(12(17)18)7-9(2)14(8-13)11-5-6-11/h9,11H,4-8H2,1-3H3,(H,17,18). The van der Waals surface area contributed by atoms with Crippen LogP contribution in [-0.2, 0) is 9.59 Å². The van der Waals surface area contributed by atoms with Gasteiger partial charge in [-0.1, -0.05) is 0 Å². The Bertz CT molecular complexity index is 367. The van der Waals surface area contributed by atoms with E-state index in [0.717, 1.165) is 12.8 Å². The molecule has 1 saturated carbocycles. The van der Waals surface area contributed by atoms with Gasteiger partial charge in [0.15, 0.2) is 5.54 Å².